The summed E-state index contributed by atoms with van der Waals surface area (Å²) in [5.74, 6) is 0.702. The maximum atomic E-state index is 12.5. The third kappa shape index (κ3) is 2.20. The molecule has 0 fully saturated rings. The highest BCUT2D eigenvalue weighted by molar-refractivity contribution is 5.85. The van der Waals surface area contributed by atoms with E-state index in [2.05, 4.69) is 26.0 Å². The van der Waals surface area contributed by atoms with Gasteiger partial charge in [0.15, 0.2) is 0 Å². The molecular formula is C21H17N3O2. The van der Waals surface area contributed by atoms with Crippen LogP contribution < -0.4 is 10.3 Å². The second kappa shape index (κ2) is 5.39. The Hall–Kier alpha value is -3.21. The van der Waals surface area contributed by atoms with Crippen LogP contribution in [0.25, 0.3) is 21.9 Å². The summed E-state index contributed by atoms with van der Waals surface area (Å²) < 4.78 is 7.75. The molecule has 0 saturated carbocycles. The second-order valence-corrected chi connectivity index (χ2v) is 6.78. The largest absolute Gasteiger partial charge is 0.485 e. The van der Waals surface area contributed by atoms with Crippen LogP contribution in [0.3, 0.4) is 0 Å². The van der Waals surface area contributed by atoms with Crippen LogP contribution in [-0.4, -0.2) is 14.5 Å². The molecule has 0 spiro atoms. The van der Waals surface area contributed by atoms with Crippen molar-refractivity contribution in [3.8, 4) is 5.75 Å². The minimum atomic E-state index is -0.0663. The van der Waals surface area contributed by atoms with E-state index in [1.54, 1.807) is 10.6 Å². The first-order chi connectivity index (χ1) is 12.6. The molecule has 0 saturated heterocycles. The zero-order valence-electron chi connectivity index (χ0n) is 14.6. The van der Waals surface area contributed by atoms with E-state index in [-0.39, 0.29) is 5.56 Å². The molecule has 1 aliphatic heterocycles. The molecule has 0 amide bonds. The average molecular weight is 343 g/mol. The monoisotopic (exact) mass is 343 g/mol. The molecule has 0 radical (unpaired) electrons. The molecule has 0 aliphatic carbocycles. The van der Waals surface area contributed by atoms with Crippen LogP contribution in [0.2, 0.25) is 0 Å². The number of hydrogen-bond acceptors (Lipinski definition) is 4. The van der Waals surface area contributed by atoms with Crippen molar-refractivity contribution < 1.29 is 4.74 Å². The molecule has 3 heterocycles. The predicted molar refractivity (Wildman–Crippen MR) is 101 cm³/mol. The normalized spacial score (nSPS) is 13.2. The predicted octanol–water partition coefficient (Wildman–Crippen LogP) is 3.50. The Bertz CT molecular complexity index is 1260. The van der Waals surface area contributed by atoms with Crippen LogP contribution >= 0.6 is 0 Å². The van der Waals surface area contributed by atoms with Crippen LogP contribution in [0.4, 0.5) is 0 Å². The lowest BCUT2D eigenvalue weighted by Gasteiger charge is -2.19. The second-order valence-electron chi connectivity index (χ2n) is 6.78. The van der Waals surface area contributed by atoms with E-state index in [0.29, 0.717) is 18.9 Å². The molecule has 0 unspecified atom stereocenters. The third-order valence-electron chi connectivity index (χ3n) is 5.08. The van der Waals surface area contributed by atoms with Gasteiger partial charge in [-0.05, 0) is 49.2 Å². The van der Waals surface area contributed by atoms with Gasteiger partial charge in [-0.25, -0.2) is 9.97 Å². The van der Waals surface area contributed by atoms with Gasteiger partial charge in [0.1, 0.15) is 18.1 Å². The van der Waals surface area contributed by atoms with Gasteiger partial charge in [-0.1, -0.05) is 12.1 Å². The van der Waals surface area contributed by atoms with E-state index in [1.807, 2.05) is 24.3 Å². The lowest BCUT2D eigenvalue weighted by Crippen LogP contribution is -2.24. The first kappa shape index (κ1) is 15.1. The minimum Gasteiger partial charge on any atom is -0.485 e. The number of hydrogen-bond donors (Lipinski definition) is 0. The Morgan fingerprint density at radius 1 is 0.962 bits per heavy atom. The summed E-state index contributed by atoms with van der Waals surface area (Å²) >= 11 is 0. The van der Waals surface area contributed by atoms with Gasteiger partial charge in [0, 0.05) is 11.5 Å². The summed E-state index contributed by atoms with van der Waals surface area (Å²) in [5.41, 5.74) is 6.37. The van der Waals surface area contributed by atoms with E-state index in [0.717, 1.165) is 33.3 Å². The van der Waals surface area contributed by atoms with Crippen molar-refractivity contribution in [1.82, 2.24) is 14.5 Å². The molecule has 0 N–H and O–H groups in total. The van der Waals surface area contributed by atoms with Gasteiger partial charge >= 0.3 is 0 Å². The van der Waals surface area contributed by atoms with Crippen LogP contribution in [0, 0.1) is 13.8 Å². The van der Waals surface area contributed by atoms with Crippen molar-refractivity contribution in [3.63, 3.8) is 0 Å². The van der Waals surface area contributed by atoms with Gasteiger partial charge < -0.3 is 4.74 Å². The molecule has 4 aromatic rings. The molecule has 0 bridgehead atoms. The van der Waals surface area contributed by atoms with E-state index in [1.165, 1.54) is 11.1 Å². The fourth-order valence-corrected chi connectivity index (χ4v) is 3.52. The van der Waals surface area contributed by atoms with Crippen molar-refractivity contribution in [2.24, 2.45) is 0 Å². The van der Waals surface area contributed by atoms with Crippen LogP contribution in [0.5, 0.6) is 5.75 Å². The number of aromatic nitrogens is 3. The Kier molecular flexibility index (Phi) is 3.13. The molecule has 2 aromatic carbocycles. The highest BCUT2D eigenvalue weighted by Gasteiger charge is 2.18. The number of ether oxygens (including phenoxy) is 1. The lowest BCUT2D eigenvalue weighted by atomic mass is 10.1. The summed E-state index contributed by atoms with van der Waals surface area (Å²) in [5, 5.41) is 0.978. The summed E-state index contributed by atoms with van der Waals surface area (Å²) in [6, 6.07) is 13.3. The highest BCUT2D eigenvalue weighted by Crippen LogP contribution is 2.28. The fraction of sp³-hybridized carbons (Fsp3) is 0.190. The number of para-hydroxylation sites is 1. The molecule has 5 rings (SSSR count). The molecular weight excluding hydrogens is 326 g/mol. The number of aryl methyl sites for hydroxylation is 2. The van der Waals surface area contributed by atoms with Crippen LogP contribution in [0.1, 0.15) is 22.5 Å². The minimum absolute atomic E-state index is 0.0663. The Labute approximate surface area is 149 Å². The molecule has 0 atom stereocenters. The first-order valence-electron chi connectivity index (χ1n) is 8.62. The van der Waals surface area contributed by atoms with E-state index >= 15 is 0 Å². The molecule has 128 valence electrons. The fourth-order valence-electron chi connectivity index (χ4n) is 3.52. The Morgan fingerprint density at radius 3 is 2.46 bits per heavy atom. The number of pyridine rings is 1. The molecule has 5 nitrogen and oxygen atoms in total. The maximum absolute atomic E-state index is 12.5. The van der Waals surface area contributed by atoms with Gasteiger partial charge in [0.05, 0.1) is 28.8 Å². The van der Waals surface area contributed by atoms with Crippen LogP contribution in [-0.2, 0) is 13.2 Å². The summed E-state index contributed by atoms with van der Waals surface area (Å²) in [4.78, 5) is 22.1. The number of benzene rings is 2. The van der Waals surface area contributed by atoms with E-state index in [9.17, 15) is 4.79 Å². The van der Waals surface area contributed by atoms with Gasteiger partial charge in [-0.15, -0.1) is 0 Å². The van der Waals surface area contributed by atoms with Crippen molar-refractivity contribution in [1.29, 1.82) is 0 Å². The smallest absolute Gasteiger partial charge is 0.251 e. The molecule has 26 heavy (non-hydrogen) atoms. The third-order valence-corrected chi connectivity index (χ3v) is 5.08. The number of nitrogens with zero attached hydrogens (tertiary/aromatic N) is 3. The number of rotatable bonds is 0. The van der Waals surface area contributed by atoms with E-state index < -0.39 is 0 Å². The topological polar surface area (TPSA) is 57.0 Å². The molecule has 5 heteroatoms. The quantitative estimate of drug-likeness (QED) is 0.490. The van der Waals surface area contributed by atoms with Gasteiger partial charge in [-0.2, -0.15) is 0 Å². The van der Waals surface area contributed by atoms with Gasteiger partial charge in [0.2, 0.25) is 0 Å². The van der Waals surface area contributed by atoms with Crippen molar-refractivity contribution in [2.75, 3.05) is 0 Å². The highest BCUT2D eigenvalue weighted by atomic mass is 16.5. The zero-order chi connectivity index (χ0) is 17.8. The summed E-state index contributed by atoms with van der Waals surface area (Å²) in [6.07, 6.45) is 0. The average Bonchev–Trinajstić information content (AvgIpc) is 2.62. The first-order valence-corrected chi connectivity index (χ1v) is 8.62. The Morgan fingerprint density at radius 2 is 1.69 bits per heavy atom. The zero-order valence-corrected chi connectivity index (χ0v) is 14.6. The molecule has 1 aliphatic rings. The van der Waals surface area contributed by atoms with Crippen molar-refractivity contribution >= 4 is 21.9 Å². The maximum Gasteiger partial charge on any atom is 0.251 e. The lowest BCUT2D eigenvalue weighted by molar-refractivity contribution is 0.298. The van der Waals surface area contributed by atoms with Gasteiger partial charge in [0.25, 0.3) is 5.56 Å². The van der Waals surface area contributed by atoms with E-state index in [4.69, 9.17) is 14.7 Å². The van der Waals surface area contributed by atoms with Crippen molar-refractivity contribution in [2.45, 2.75) is 27.0 Å². The summed E-state index contributed by atoms with van der Waals surface area (Å²) in [7, 11) is 0. The van der Waals surface area contributed by atoms with Gasteiger partial charge in [-0.3, -0.25) is 9.36 Å². The summed E-state index contributed by atoms with van der Waals surface area (Å²) in [6.45, 7) is 4.87. The molecule has 2 aromatic heterocycles. The standard InChI is InChI=1S/C21H17N3O2/c1-12-8-15-16(9-13(12)2)23-18-11-26-19-5-3-4-14-6-7-20(25)24(21(14)19)10-17(18)22-15/h3-9H,10-11H2,1-2H3. The Balaban J connectivity index is 1.79. The SMILES string of the molecule is Cc1cc2nc3c(nc2cc1C)Cn1c(=O)ccc2cccc(c21)OC3. The van der Waals surface area contributed by atoms with Crippen molar-refractivity contribution in [3.05, 3.63) is 75.3 Å². The van der Waals surface area contributed by atoms with Crippen LogP contribution in [0.15, 0.2) is 47.3 Å². The number of fused-ring (bicyclic) bond motifs is 2.